The highest BCUT2D eigenvalue weighted by Gasteiger charge is 2.09. The summed E-state index contributed by atoms with van der Waals surface area (Å²) >= 11 is 7.87. The lowest BCUT2D eigenvalue weighted by Gasteiger charge is -2.14. The van der Waals surface area contributed by atoms with Crippen LogP contribution in [0.3, 0.4) is 0 Å². The molecule has 1 aromatic rings. The average Bonchev–Trinajstić information content (AvgIpc) is 2.45. The smallest absolute Gasteiger partial charge is 0.125 e. The van der Waals surface area contributed by atoms with Gasteiger partial charge in [-0.05, 0) is 60.7 Å². The minimum atomic E-state index is -0.302. The fourth-order valence-electron chi connectivity index (χ4n) is 1.78. The zero-order valence-electron chi connectivity index (χ0n) is 12.9. The van der Waals surface area contributed by atoms with Crippen molar-refractivity contribution in [2.75, 3.05) is 11.9 Å². The second-order valence-corrected chi connectivity index (χ2v) is 6.36. The first-order chi connectivity index (χ1) is 10.8. The summed E-state index contributed by atoms with van der Waals surface area (Å²) in [6.45, 7) is 4.33. The molecule has 1 rings (SSSR count). The highest BCUT2D eigenvalue weighted by molar-refractivity contribution is 14.1. The van der Waals surface area contributed by atoms with Crippen molar-refractivity contribution in [3.05, 3.63) is 51.1 Å². The molecule has 0 radical (unpaired) electrons. The van der Waals surface area contributed by atoms with Crippen LogP contribution in [0.1, 0.15) is 20.3 Å². The molecule has 4 N–H and O–H groups in total. The van der Waals surface area contributed by atoms with Crippen molar-refractivity contribution < 1.29 is 4.39 Å². The fraction of sp³-hybridized carbons (Fsp3) is 0.250. The van der Waals surface area contributed by atoms with E-state index in [9.17, 15) is 4.39 Å². The Labute approximate surface area is 154 Å². The summed E-state index contributed by atoms with van der Waals surface area (Å²) in [6.07, 6.45) is 3.72. The van der Waals surface area contributed by atoms with Crippen LogP contribution in [0.4, 0.5) is 10.1 Å². The highest BCUT2D eigenvalue weighted by Crippen LogP contribution is 2.23. The topological polar surface area (TPSA) is 71.8 Å². The van der Waals surface area contributed by atoms with Crippen LogP contribution in [0.25, 0.3) is 0 Å². The lowest BCUT2D eigenvalue weighted by Crippen LogP contribution is -2.11. The number of benzene rings is 1. The average molecular weight is 449 g/mol. The van der Waals surface area contributed by atoms with E-state index in [1.54, 1.807) is 25.3 Å². The van der Waals surface area contributed by atoms with E-state index in [1.165, 1.54) is 12.1 Å². The molecule has 124 valence electrons. The van der Waals surface area contributed by atoms with Crippen LogP contribution < -0.4 is 10.6 Å². The van der Waals surface area contributed by atoms with Gasteiger partial charge in [-0.25, -0.2) is 4.39 Å². The first-order valence-corrected chi connectivity index (χ1v) is 8.43. The van der Waals surface area contributed by atoms with Gasteiger partial charge in [0.2, 0.25) is 0 Å². The maximum absolute atomic E-state index is 13.2. The summed E-state index contributed by atoms with van der Waals surface area (Å²) in [4.78, 5) is 0. The number of anilines is 1. The third-order valence-corrected chi connectivity index (χ3v) is 3.90. The van der Waals surface area contributed by atoms with Crippen LogP contribution in [0.2, 0.25) is 0 Å². The van der Waals surface area contributed by atoms with Crippen LogP contribution in [0, 0.1) is 20.2 Å². The molecule has 0 aliphatic rings. The number of hydrogen-bond acceptors (Lipinski definition) is 4. The van der Waals surface area contributed by atoms with Crippen molar-refractivity contribution in [3.63, 3.8) is 0 Å². The SMILES string of the molecule is CCN/C=C(/C/C(=C/C(C)=N)Nc1ccc(F)cc1I)C(=N)Cl. The second kappa shape index (κ2) is 9.67. The monoisotopic (exact) mass is 448 g/mol. The Bertz CT molecular complexity index is 655. The van der Waals surface area contributed by atoms with E-state index in [-0.39, 0.29) is 11.0 Å². The first-order valence-electron chi connectivity index (χ1n) is 6.98. The van der Waals surface area contributed by atoms with Gasteiger partial charge >= 0.3 is 0 Å². The molecule has 23 heavy (non-hydrogen) atoms. The molecule has 4 nitrogen and oxygen atoms in total. The number of allylic oxidation sites excluding steroid dienone is 2. The van der Waals surface area contributed by atoms with Gasteiger partial charge in [-0.15, -0.1) is 0 Å². The van der Waals surface area contributed by atoms with Crippen LogP contribution in [-0.2, 0) is 0 Å². The quantitative estimate of drug-likeness (QED) is 0.339. The van der Waals surface area contributed by atoms with Gasteiger partial charge in [0, 0.05) is 39.7 Å². The van der Waals surface area contributed by atoms with Crippen molar-refractivity contribution in [3.8, 4) is 0 Å². The van der Waals surface area contributed by atoms with Crippen LogP contribution in [0.15, 0.2) is 41.7 Å². The molecule has 0 unspecified atom stereocenters. The van der Waals surface area contributed by atoms with Gasteiger partial charge in [0.1, 0.15) is 11.0 Å². The molecular formula is C16H19ClFIN4. The van der Waals surface area contributed by atoms with E-state index in [0.717, 1.165) is 15.8 Å². The first kappa shape index (κ1) is 19.6. The van der Waals surface area contributed by atoms with E-state index < -0.39 is 0 Å². The van der Waals surface area contributed by atoms with Gasteiger partial charge < -0.3 is 16.0 Å². The molecule has 0 heterocycles. The minimum Gasteiger partial charge on any atom is -0.391 e. The zero-order chi connectivity index (χ0) is 17.4. The fourth-order valence-corrected chi connectivity index (χ4v) is 2.51. The Morgan fingerprint density at radius 1 is 1.39 bits per heavy atom. The van der Waals surface area contributed by atoms with E-state index >= 15 is 0 Å². The Kier molecular flexibility index (Phi) is 8.25. The highest BCUT2D eigenvalue weighted by atomic mass is 127. The van der Waals surface area contributed by atoms with Crippen molar-refractivity contribution >= 4 is 50.8 Å². The maximum atomic E-state index is 13.2. The molecular weight excluding hydrogens is 430 g/mol. The summed E-state index contributed by atoms with van der Waals surface area (Å²) in [6, 6.07) is 4.44. The molecule has 0 spiro atoms. The molecule has 0 aromatic heterocycles. The van der Waals surface area contributed by atoms with Crippen LogP contribution in [-0.4, -0.2) is 17.4 Å². The molecule has 0 amide bonds. The third-order valence-electron chi connectivity index (χ3n) is 2.76. The Morgan fingerprint density at radius 3 is 2.61 bits per heavy atom. The Hall–Kier alpha value is -1.41. The van der Waals surface area contributed by atoms with Crippen molar-refractivity contribution in [1.82, 2.24) is 5.32 Å². The number of rotatable bonds is 8. The Morgan fingerprint density at radius 2 is 2.09 bits per heavy atom. The van der Waals surface area contributed by atoms with E-state index in [4.69, 9.17) is 22.4 Å². The molecule has 0 aliphatic carbocycles. The summed E-state index contributed by atoms with van der Waals surface area (Å²) in [5.74, 6) is -0.302. The molecule has 0 saturated heterocycles. The van der Waals surface area contributed by atoms with E-state index in [2.05, 4.69) is 10.6 Å². The maximum Gasteiger partial charge on any atom is 0.125 e. The van der Waals surface area contributed by atoms with Gasteiger partial charge in [0.15, 0.2) is 0 Å². The van der Waals surface area contributed by atoms with E-state index in [1.807, 2.05) is 29.5 Å². The van der Waals surface area contributed by atoms with Gasteiger partial charge in [-0.3, -0.25) is 5.41 Å². The standard InChI is InChI=1S/C16H19ClFIN4/c1-3-22-9-11(16(17)21)7-13(6-10(2)20)23-15-5-4-12(18)8-14(15)19/h4-6,8-9,20-23H,3,7H2,1-2H3/b11-9-,13-6-,20-10?,21-16?. The Balaban J connectivity index is 3.05. The second-order valence-electron chi connectivity index (χ2n) is 4.82. The molecule has 7 heteroatoms. The van der Waals surface area contributed by atoms with Crippen LogP contribution in [0.5, 0.6) is 0 Å². The van der Waals surface area contributed by atoms with Gasteiger partial charge in [-0.2, -0.15) is 0 Å². The summed E-state index contributed by atoms with van der Waals surface area (Å²) in [5.41, 5.74) is 2.42. The number of halogens is 3. The summed E-state index contributed by atoms with van der Waals surface area (Å²) < 4.78 is 13.9. The van der Waals surface area contributed by atoms with Gasteiger partial charge in [-0.1, -0.05) is 11.6 Å². The summed E-state index contributed by atoms with van der Waals surface area (Å²) in [7, 11) is 0. The van der Waals surface area contributed by atoms with Gasteiger partial charge in [0.05, 0.1) is 5.69 Å². The number of nitrogens with one attached hydrogen (secondary N) is 4. The molecule has 0 atom stereocenters. The third kappa shape index (κ3) is 7.13. The van der Waals surface area contributed by atoms with E-state index in [0.29, 0.717) is 23.4 Å². The lowest BCUT2D eigenvalue weighted by atomic mass is 10.1. The van der Waals surface area contributed by atoms with Crippen molar-refractivity contribution in [2.24, 2.45) is 0 Å². The lowest BCUT2D eigenvalue weighted by molar-refractivity contribution is 0.627. The van der Waals surface area contributed by atoms with Gasteiger partial charge in [0.25, 0.3) is 0 Å². The summed E-state index contributed by atoms with van der Waals surface area (Å²) in [5, 5.41) is 21.5. The predicted molar refractivity (Wildman–Crippen MR) is 104 cm³/mol. The van der Waals surface area contributed by atoms with Crippen molar-refractivity contribution in [2.45, 2.75) is 20.3 Å². The zero-order valence-corrected chi connectivity index (χ0v) is 15.8. The molecule has 0 aliphatic heterocycles. The number of hydrogen-bond donors (Lipinski definition) is 4. The normalized spacial score (nSPS) is 12.0. The molecule has 0 fully saturated rings. The largest absolute Gasteiger partial charge is 0.391 e. The molecule has 0 saturated carbocycles. The molecule has 0 bridgehead atoms. The van der Waals surface area contributed by atoms with Crippen LogP contribution >= 0.6 is 34.2 Å². The minimum absolute atomic E-state index is 0.0601. The molecule has 1 aromatic carbocycles. The predicted octanol–water partition coefficient (Wildman–Crippen LogP) is 4.87. The van der Waals surface area contributed by atoms with Crippen molar-refractivity contribution in [1.29, 1.82) is 10.8 Å².